The predicted octanol–water partition coefficient (Wildman–Crippen LogP) is 7.66. The van der Waals surface area contributed by atoms with Crippen molar-refractivity contribution in [2.75, 3.05) is 18.5 Å². The van der Waals surface area contributed by atoms with Crippen LogP contribution in [0.5, 0.6) is 0 Å². The molecule has 0 aliphatic carbocycles. The van der Waals surface area contributed by atoms with Gasteiger partial charge >= 0.3 is 5.97 Å². The van der Waals surface area contributed by atoms with Crippen molar-refractivity contribution in [1.29, 1.82) is 0 Å². The number of esters is 1. The molecule has 1 rings (SSSR count). The summed E-state index contributed by atoms with van der Waals surface area (Å²) in [5, 5.41) is 12.6. The van der Waals surface area contributed by atoms with E-state index in [1.165, 1.54) is 83.1 Å². The summed E-state index contributed by atoms with van der Waals surface area (Å²) in [6.45, 7) is 10.0. The molecular weight excluding hydrogens is 414 g/mol. The zero-order valence-electron chi connectivity index (χ0n) is 21.3. The number of anilines is 1. The molecule has 1 aromatic rings. The van der Waals surface area contributed by atoms with Crippen LogP contribution in [0.2, 0.25) is 25.7 Å². The normalized spacial score (nSPS) is 12.5. The van der Waals surface area contributed by atoms with Crippen molar-refractivity contribution in [2.45, 2.75) is 116 Å². The molecule has 184 valence electrons. The highest BCUT2D eigenvalue weighted by Gasteiger charge is 2.11. The quantitative estimate of drug-likeness (QED) is 0.126. The lowest BCUT2D eigenvalue weighted by atomic mass is 10.1. The highest BCUT2D eigenvalue weighted by molar-refractivity contribution is 6.76. The maximum atomic E-state index is 11.8. The molecular formula is C27H49NO3Si. The first kappa shape index (κ1) is 28.7. The molecule has 0 radical (unpaired) electrons. The Balaban J connectivity index is 1.91. The third-order valence-electron chi connectivity index (χ3n) is 5.76. The third-order valence-corrected chi connectivity index (χ3v) is 7.61. The number of hydrogen-bond acceptors (Lipinski definition) is 4. The van der Waals surface area contributed by atoms with Gasteiger partial charge in [0.25, 0.3) is 0 Å². The minimum absolute atomic E-state index is 0.0255. The van der Waals surface area contributed by atoms with E-state index >= 15 is 0 Å². The Morgan fingerprint density at radius 1 is 0.844 bits per heavy atom. The highest BCUT2D eigenvalue weighted by atomic mass is 28.3. The summed E-state index contributed by atoms with van der Waals surface area (Å²) in [7, 11) is -0.815. The Labute approximate surface area is 198 Å². The van der Waals surface area contributed by atoms with Crippen molar-refractivity contribution in [2.24, 2.45) is 0 Å². The minimum Gasteiger partial charge on any atom is -0.459 e. The van der Waals surface area contributed by atoms with Crippen molar-refractivity contribution in [1.82, 2.24) is 0 Å². The summed E-state index contributed by atoms with van der Waals surface area (Å²) in [6, 6.07) is 8.84. The highest BCUT2D eigenvalue weighted by Crippen LogP contribution is 2.17. The molecule has 0 saturated carbocycles. The molecule has 0 amide bonds. The first-order valence-electron chi connectivity index (χ1n) is 13.0. The molecule has 32 heavy (non-hydrogen) atoms. The van der Waals surface area contributed by atoms with E-state index in [0.29, 0.717) is 5.56 Å². The largest absolute Gasteiger partial charge is 0.459 e. The van der Waals surface area contributed by atoms with Crippen molar-refractivity contribution >= 4 is 19.7 Å². The van der Waals surface area contributed by atoms with Crippen LogP contribution >= 0.6 is 0 Å². The Bertz CT molecular complexity index is 596. The monoisotopic (exact) mass is 463 g/mol. The second-order valence-corrected chi connectivity index (χ2v) is 16.1. The number of rotatable bonds is 19. The number of carbonyl (C=O) groups excluding carboxylic acids is 1. The van der Waals surface area contributed by atoms with Gasteiger partial charge in [0, 0.05) is 20.3 Å². The standard InChI is InChI=1S/C27H49NO3Si/c1-24(29)23-31-27(30)25-17-19-26(20-18-25)28-21-15-13-11-9-7-5-6-8-10-12-14-16-22-32(2,3)4/h17-20,24,28-29H,5-16,21-23H2,1-4H3. The van der Waals surface area contributed by atoms with Crippen LogP contribution in [0, 0.1) is 0 Å². The van der Waals surface area contributed by atoms with Crippen molar-refractivity contribution in [3.63, 3.8) is 0 Å². The smallest absolute Gasteiger partial charge is 0.338 e. The van der Waals surface area contributed by atoms with Gasteiger partial charge in [-0.05, 0) is 37.6 Å². The Morgan fingerprint density at radius 3 is 1.78 bits per heavy atom. The van der Waals surface area contributed by atoms with Crippen LogP contribution in [0.4, 0.5) is 5.69 Å². The Morgan fingerprint density at radius 2 is 1.31 bits per heavy atom. The number of aliphatic hydroxyl groups excluding tert-OH is 1. The number of nitrogens with one attached hydrogen (secondary N) is 1. The SMILES string of the molecule is CC(O)COC(=O)c1ccc(NCCCCCCCCCCCCCC[Si](C)(C)C)cc1. The number of carbonyl (C=O) groups is 1. The minimum atomic E-state index is -0.815. The van der Waals surface area contributed by atoms with Gasteiger partial charge < -0.3 is 15.2 Å². The molecule has 0 aliphatic heterocycles. The van der Waals surface area contributed by atoms with Crippen molar-refractivity contribution < 1.29 is 14.6 Å². The summed E-state index contributed by atoms with van der Waals surface area (Å²) >= 11 is 0. The van der Waals surface area contributed by atoms with Gasteiger partial charge in [0.15, 0.2) is 0 Å². The van der Waals surface area contributed by atoms with Crippen molar-refractivity contribution in [3.05, 3.63) is 29.8 Å². The zero-order valence-corrected chi connectivity index (χ0v) is 22.3. The summed E-state index contributed by atoms with van der Waals surface area (Å²) in [5.74, 6) is -0.394. The van der Waals surface area contributed by atoms with Gasteiger partial charge in [0.1, 0.15) is 6.61 Å². The molecule has 0 aliphatic rings. The lowest BCUT2D eigenvalue weighted by molar-refractivity contribution is 0.0296. The molecule has 4 nitrogen and oxygen atoms in total. The van der Waals surface area contributed by atoms with E-state index in [4.69, 9.17) is 4.74 Å². The Hall–Kier alpha value is -1.33. The van der Waals surface area contributed by atoms with Crippen LogP contribution in [0.15, 0.2) is 24.3 Å². The van der Waals surface area contributed by atoms with E-state index in [1.54, 1.807) is 19.1 Å². The van der Waals surface area contributed by atoms with Gasteiger partial charge in [-0.15, -0.1) is 0 Å². The third kappa shape index (κ3) is 16.3. The second-order valence-electron chi connectivity index (χ2n) is 10.5. The van der Waals surface area contributed by atoms with E-state index in [2.05, 4.69) is 25.0 Å². The van der Waals surface area contributed by atoms with Crippen LogP contribution in [0.3, 0.4) is 0 Å². The molecule has 0 aromatic heterocycles. The number of hydrogen-bond donors (Lipinski definition) is 2. The van der Waals surface area contributed by atoms with Gasteiger partial charge in [-0.3, -0.25) is 0 Å². The molecule has 1 aromatic carbocycles. The fourth-order valence-electron chi connectivity index (χ4n) is 3.78. The predicted molar refractivity (Wildman–Crippen MR) is 140 cm³/mol. The lowest BCUT2D eigenvalue weighted by Crippen LogP contribution is -2.18. The van der Waals surface area contributed by atoms with Gasteiger partial charge in [0.05, 0.1) is 11.7 Å². The van der Waals surface area contributed by atoms with Crippen molar-refractivity contribution in [3.8, 4) is 0 Å². The van der Waals surface area contributed by atoms with E-state index in [-0.39, 0.29) is 6.61 Å². The van der Waals surface area contributed by atoms with E-state index in [9.17, 15) is 9.90 Å². The van der Waals surface area contributed by atoms with Gasteiger partial charge in [0.2, 0.25) is 0 Å². The van der Waals surface area contributed by atoms with Crippen LogP contribution < -0.4 is 5.32 Å². The van der Waals surface area contributed by atoms with Gasteiger partial charge in [-0.25, -0.2) is 4.79 Å². The lowest BCUT2D eigenvalue weighted by Gasteiger charge is -2.14. The van der Waals surface area contributed by atoms with Crippen LogP contribution in [0.1, 0.15) is 94.3 Å². The van der Waals surface area contributed by atoms with Crippen LogP contribution in [0.25, 0.3) is 0 Å². The molecule has 2 N–H and O–H groups in total. The molecule has 0 bridgehead atoms. The summed E-state index contributed by atoms with van der Waals surface area (Å²) in [4.78, 5) is 11.8. The van der Waals surface area contributed by atoms with E-state index < -0.39 is 20.1 Å². The topological polar surface area (TPSA) is 58.6 Å². The average molecular weight is 464 g/mol. The number of benzene rings is 1. The summed E-state index contributed by atoms with van der Waals surface area (Å²) in [5.41, 5.74) is 1.54. The Kier molecular flexibility index (Phi) is 15.4. The maximum absolute atomic E-state index is 11.8. The maximum Gasteiger partial charge on any atom is 0.338 e. The van der Waals surface area contributed by atoms with E-state index in [0.717, 1.165) is 12.2 Å². The first-order chi connectivity index (χ1) is 15.3. The summed E-state index contributed by atoms with van der Waals surface area (Å²) < 4.78 is 5.02. The molecule has 0 saturated heterocycles. The molecule has 0 heterocycles. The number of aliphatic hydroxyl groups is 1. The molecule has 1 unspecified atom stereocenters. The first-order valence-corrected chi connectivity index (χ1v) is 16.7. The molecule has 1 atom stereocenters. The van der Waals surface area contributed by atoms with Crippen LogP contribution in [-0.4, -0.2) is 38.4 Å². The van der Waals surface area contributed by atoms with Crippen LogP contribution in [-0.2, 0) is 4.74 Å². The van der Waals surface area contributed by atoms with Gasteiger partial charge in [-0.1, -0.05) is 96.3 Å². The van der Waals surface area contributed by atoms with E-state index in [1.807, 2.05) is 12.1 Å². The fourth-order valence-corrected chi connectivity index (χ4v) is 5.10. The number of ether oxygens (including phenoxy) is 1. The fraction of sp³-hybridized carbons (Fsp3) is 0.741. The number of unbranched alkanes of at least 4 members (excludes halogenated alkanes) is 11. The summed E-state index contributed by atoms with van der Waals surface area (Å²) in [6.07, 6.45) is 15.9. The van der Waals surface area contributed by atoms with Gasteiger partial charge in [-0.2, -0.15) is 0 Å². The second kappa shape index (κ2) is 17.2. The average Bonchev–Trinajstić information content (AvgIpc) is 2.74. The molecule has 0 spiro atoms. The zero-order chi connectivity index (χ0) is 23.7. The molecule has 5 heteroatoms. The molecule has 0 fully saturated rings.